The van der Waals surface area contributed by atoms with E-state index in [2.05, 4.69) is 5.16 Å². The van der Waals surface area contributed by atoms with E-state index in [4.69, 9.17) is 8.94 Å². The Morgan fingerprint density at radius 3 is 3.17 bits per heavy atom. The summed E-state index contributed by atoms with van der Waals surface area (Å²) in [5.74, 6) is 0. The number of rotatable bonds is 0. The second kappa shape index (κ2) is 1.88. The van der Waals surface area contributed by atoms with Crippen molar-refractivity contribution in [3.63, 3.8) is 0 Å². The number of nitrogens with zero attached hydrogens (tertiary/aromatic N) is 1. The van der Waals surface area contributed by atoms with Crippen molar-refractivity contribution in [2.75, 3.05) is 0 Å². The number of hydrogen-bond donors (Lipinski definition) is 0. The molecular weight excluding hydrogens is 154 g/mol. The number of furan rings is 1. The van der Waals surface area contributed by atoms with Crippen LogP contribution in [-0.2, 0) is 0 Å². The zero-order valence-corrected chi connectivity index (χ0v) is 6.15. The van der Waals surface area contributed by atoms with Gasteiger partial charge in [0.15, 0.2) is 5.58 Å². The van der Waals surface area contributed by atoms with Crippen LogP contribution in [0.15, 0.2) is 39.6 Å². The molecule has 0 fully saturated rings. The van der Waals surface area contributed by atoms with Crippen molar-refractivity contribution in [3.8, 4) is 0 Å². The first-order chi connectivity index (χ1) is 5.95. The predicted octanol–water partition coefficient (Wildman–Crippen LogP) is 2.57. The highest BCUT2D eigenvalue weighted by atomic mass is 16.5. The molecule has 0 radical (unpaired) electrons. The maximum atomic E-state index is 5.29. The van der Waals surface area contributed by atoms with Crippen molar-refractivity contribution < 1.29 is 8.94 Å². The fourth-order valence-corrected chi connectivity index (χ4v) is 1.37. The van der Waals surface area contributed by atoms with Gasteiger partial charge in [0, 0.05) is 5.39 Å². The van der Waals surface area contributed by atoms with Crippen molar-refractivity contribution in [2.24, 2.45) is 0 Å². The highest BCUT2D eigenvalue weighted by Gasteiger charge is 2.05. The first-order valence-corrected chi connectivity index (χ1v) is 3.66. The Hall–Kier alpha value is -1.77. The molecule has 2 aromatic heterocycles. The fraction of sp³-hybridized carbons (Fsp3) is 0. The molecule has 0 aliphatic heterocycles. The average Bonchev–Trinajstić information content (AvgIpc) is 2.71. The van der Waals surface area contributed by atoms with E-state index in [0.29, 0.717) is 0 Å². The normalized spacial score (nSPS) is 11.3. The molecule has 58 valence electrons. The first kappa shape index (κ1) is 5.83. The monoisotopic (exact) mass is 159 g/mol. The van der Waals surface area contributed by atoms with Gasteiger partial charge in [-0.05, 0) is 18.2 Å². The molecule has 3 aromatic rings. The number of fused-ring (bicyclic) bond motifs is 3. The smallest absolute Gasteiger partial charge is 0.170 e. The summed E-state index contributed by atoms with van der Waals surface area (Å²) in [4.78, 5) is 0. The van der Waals surface area contributed by atoms with Gasteiger partial charge in [-0.15, -0.1) is 0 Å². The van der Waals surface area contributed by atoms with Crippen molar-refractivity contribution in [3.05, 3.63) is 30.7 Å². The van der Waals surface area contributed by atoms with Gasteiger partial charge in [0.2, 0.25) is 0 Å². The average molecular weight is 159 g/mol. The van der Waals surface area contributed by atoms with E-state index in [1.54, 1.807) is 12.5 Å². The molecule has 0 atom stereocenters. The van der Waals surface area contributed by atoms with E-state index in [-0.39, 0.29) is 0 Å². The molecule has 3 heteroatoms. The Morgan fingerprint density at radius 1 is 1.17 bits per heavy atom. The van der Waals surface area contributed by atoms with Gasteiger partial charge in [0.05, 0.1) is 17.8 Å². The molecule has 0 amide bonds. The van der Waals surface area contributed by atoms with Gasteiger partial charge < -0.3 is 8.94 Å². The number of benzene rings is 1. The van der Waals surface area contributed by atoms with Crippen LogP contribution in [-0.4, -0.2) is 5.16 Å². The van der Waals surface area contributed by atoms with E-state index in [9.17, 15) is 0 Å². The van der Waals surface area contributed by atoms with Crippen LogP contribution < -0.4 is 0 Å². The van der Waals surface area contributed by atoms with Crippen molar-refractivity contribution in [1.82, 2.24) is 5.16 Å². The summed E-state index contributed by atoms with van der Waals surface area (Å²) < 4.78 is 10.3. The second-order valence-electron chi connectivity index (χ2n) is 2.64. The summed E-state index contributed by atoms with van der Waals surface area (Å²) in [7, 11) is 0. The van der Waals surface area contributed by atoms with Gasteiger partial charge in [0.1, 0.15) is 5.58 Å². The van der Waals surface area contributed by atoms with Gasteiger partial charge in [-0.3, -0.25) is 0 Å². The van der Waals surface area contributed by atoms with Gasteiger partial charge in [-0.1, -0.05) is 5.16 Å². The zero-order chi connectivity index (χ0) is 7.97. The number of aromatic nitrogens is 1. The lowest BCUT2D eigenvalue weighted by Gasteiger charge is -1.86. The maximum Gasteiger partial charge on any atom is 0.170 e. The minimum absolute atomic E-state index is 0.762. The largest absolute Gasteiger partial charge is 0.464 e. The molecule has 1 aromatic carbocycles. The summed E-state index contributed by atoms with van der Waals surface area (Å²) in [5, 5.41) is 5.70. The summed E-state index contributed by atoms with van der Waals surface area (Å²) in [6, 6.07) is 5.76. The van der Waals surface area contributed by atoms with Crippen LogP contribution in [0.3, 0.4) is 0 Å². The van der Waals surface area contributed by atoms with Crippen LogP contribution in [0.4, 0.5) is 0 Å². The van der Waals surface area contributed by atoms with Crippen LogP contribution in [0.25, 0.3) is 21.9 Å². The highest BCUT2D eigenvalue weighted by molar-refractivity contribution is 6.01. The van der Waals surface area contributed by atoms with Gasteiger partial charge in [-0.25, -0.2) is 0 Å². The van der Waals surface area contributed by atoms with E-state index in [0.717, 1.165) is 21.9 Å². The quantitative estimate of drug-likeness (QED) is 0.506. The molecule has 0 saturated carbocycles. The summed E-state index contributed by atoms with van der Waals surface area (Å²) in [6.07, 6.45) is 3.33. The van der Waals surface area contributed by atoms with E-state index < -0.39 is 0 Å². The molecule has 0 unspecified atom stereocenters. The third-order valence-electron chi connectivity index (χ3n) is 1.95. The third kappa shape index (κ3) is 0.580. The molecule has 0 saturated heterocycles. The van der Waals surface area contributed by atoms with E-state index >= 15 is 0 Å². The minimum atomic E-state index is 0.762. The molecule has 12 heavy (non-hydrogen) atoms. The summed E-state index contributed by atoms with van der Waals surface area (Å²) in [6.45, 7) is 0. The molecule has 0 spiro atoms. The topological polar surface area (TPSA) is 39.2 Å². The molecule has 2 heterocycles. The molecule has 3 nitrogen and oxygen atoms in total. The minimum Gasteiger partial charge on any atom is -0.464 e. The van der Waals surface area contributed by atoms with Gasteiger partial charge in [-0.2, -0.15) is 0 Å². The Bertz CT molecular complexity index is 486. The lowest BCUT2D eigenvalue weighted by atomic mass is 10.2. The lowest BCUT2D eigenvalue weighted by Crippen LogP contribution is -1.64. The van der Waals surface area contributed by atoms with Crippen LogP contribution in [0, 0.1) is 0 Å². The molecule has 0 aliphatic rings. The van der Waals surface area contributed by atoms with E-state index in [1.165, 1.54) is 0 Å². The lowest BCUT2D eigenvalue weighted by molar-refractivity contribution is 0.456. The van der Waals surface area contributed by atoms with Gasteiger partial charge in [0.25, 0.3) is 0 Å². The standard InChI is InChI=1S/C9H5NO2/c1-2-8-7(5-10-12-8)9-6(1)3-4-11-9/h1-5H. The third-order valence-corrected chi connectivity index (χ3v) is 1.95. The van der Waals surface area contributed by atoms with Crippen molar-refractivity contribution in [1.29, 1.82) is 0 Å². The second-order valence-corrected chi connectivity index (χ2v) is 2.64. The first-order valence-electron chi connectivity index (χ1n) is 3.66. The van der Waals surface area contributed by atoms with Crippen LogP contribution in [0.5, 0.6) is 0 Å². The zero-order valence-electron chi connectivity index (χ0n) is 6.15. The van der Waals surface area contributed by atoms with Crippen LogP contribution in [0.1, 0.15) is 0 Å². The molecular formula is C9H5NO2. The fourth-order valence-electron chi connectivity index (χ4n) is 1.37. The molecule has 0 aliphatic carbocycles. The van der Waals surface area contributed by atoms with Crippen LogP contribution in [0.2, 0.25) is 0 Å². The Morgan fingerprint density at radius 2 is 2.17 bits per heavy atom. The maximum absolute atomic E-state index is 5.29. The molecule has 3 rings (SSSR count). The molecule has 0 N–H and O–H groups in total. The SMILES string of the molecule is c1cc2ccc3oncc3c2o1. The highest BCUT2D eigenvalue weighted by Crippen LogP contribution is 2.25. The predicted molar refractivity (Wildman–Crippen MR) is 43.8 cm³/mol. The Kier molecular flexibility index (Phi) is 0.913. The Balaban J connectivity index is 2.71. The molecule has 0 bridgehead atoms. The van der Waals surface area contributed by atoms with Gasteiger partial charge >= 0.3 is 0 Å². The van der Waals surface area contributed by atoms with Crippen molar-refractivity contribution >= 4 is 21.9 Å². The van der Waals surface area contributed by atoms with Crippen LogP contribution >= 0.6 is 0 Å². The Labute approximate surface area is 67.6 Å². The van der Waals surface area contributed by atoms with E-state index in [1.807, 2.05) is 18.2 Å². The summed E-state index contributed by atoms with van der Waals surface area (Å²) >= 11 is 0. The summed E-state index contributed by atoms with van der Waals surface area (Å²) in [5.41, 5.74) is 1.60. The van der Waals surface area contributed by atoms with Crippen molar-refractivity contribution in [2.45, 2.75) is 0 Å². The number of hydrogen-bond acceptors (Lipinski definition) is 3.